The first kappa shape index (κ1) is 23.1. The molecule has 0 unspecified atom stereocenters. The van der Waals surface area contributed by atoms with Crippen molar-refractivity contribution >= 4 is 23.7 Å². The zero-order valence-electron chi connectivity index (χ0n) is 16.8. The van der Waals surface area contributed by atoms with E-state index in [2.05, 4.69) is 10.6 Å². The van der Waals surface area contributed by atoms with Crippen LogP contribution in [-0.4, -0.2) is 42.4 Å². The van der Waals surface area contributed by atoms with Gasteiger partial charge in [-0.1, -0.05) is 6.92 Å². The van der Waals surface area contributed by atoms with E-state index in [1.807, 2.05) is 6.92 Å². The lowest BCUT2D eigenvalue weighted by atomic mass is 10.1. The van der Waals surface area contributed by atoms with E-state index in [0.717, 1.165) is 6.42 Å². The van der Waals surface area contributed by atoms with E-state index < -0.39 is 30.1 Å². The second kappa shape index (κ2) is 11.1. The lowest BCUT2D eigenvalue weighted by molar-refractivity contribution is -0.148. The third-order valence-electron chi connectivity index (χ3n) is 3.31. The minimum atomic E-state index is -0.746. The van der Waals surface area contributed by atoms with Crippen LogP contribution in [0.2, 0.25) is 0 Å². The SMILES string of the molecule is CCCOc1ccc(C(=O)CCC(=O)OCC(=O)NC(=O)NC(C)(C)C)cc1. The number of hydrogen-bond acceptors (Lipinski definition) is 6. The van der Waals surface area contributed by atoms with E-state index >= 15 is 0 Å². The Kier molecular flexibility index (Phi) is 9.14. The van der Waals surface area contributed by atoms with Crippen molar-refractivity contribution in [3.05, 3.63) is 29.8 Å². The van der Waals surface area contributed by atoms with Crippen molar-refractivity contribution in [1.82, 2.24) is 10.6 Å². The smallest absolute Gasteiger partial charge is 0.321 e. The van der Waals surface area contributed by atoms with Gasteiger partial charge in [0.2, 0.25) is 0 Å². The number of amides is 3. The summed E-state index contributed by atoms with van der Waals surface area (Å²) in [4.78, 5) is 46.9. The van der Waals surface area contributed by atoms with Crippen LogP contribution in [0.4, 0.5) is 4.79 Å². The average molecular weight is 392 g/mol. The summed E-state index contributed by atoms with van der Waals surface area (Å²) in [6.07, 6.45) is 0.691. The number of carbonyl (C=O) groups is 4. The minimum absolute atomic E-state index is 0.0415. The summed E-state index contributed by atoms with van der Waals surface area (Å²) in [5.74, 6) is -0.973. The molecule has 2 N–H and O–H groups in total. The molecule has 3 amide bonds. The maximum atomic E-state index is 12.1. The summed E-state index contributed by atoms with van der Waals surface area (Å²) in [6, 6.07) is 6.01. The normalized spacial score (nSPS) is 10.7. The van der Waals surface area contributed by atoms with Gasteiger partial charge in [0.25, 0.3) is 5.91 Å². The maximum Gasteiger partial charge on any atom is 0.321 e. The highest BCUT2D eigenvalue weighted by atomic mass is 16.5. The molecule has 8 heteroatoms. The summed E-state index contributed by atoms with van der Waals surface area (Å²) in [7, 11) is 0. The summed E-state index contributed by atoms with van der Waals surface area (Å²) < 4.78 is 10.2. The zero-order valence-corrected chi connectivity index (χ0v) is 16.8. The van der Waals surface area contributed by atoms with Gasteiger partial charge in [0, 0.05) is 17.5 Å². The fourth-order valence-electron chi connectivity index (χ4n) is 2.07. The van der Waals surface area contributed by atoms with Crippen LogP contribution in [0, 0.1) is 0 Å². The molecule has 1 aromatic rings. The van der Waals surface area contributed by atoms with Crippen molar-refractivity contribution in [3.63, 3.8) is 0 Å². The van der Waals surface area contributed by atoms with Crippen LogP contribution in [0.5, 0.6) is 5.75 Å². The Morgan fingerprint density at radius 3 is 2.21 bits per heavy atom. The second-order valence-electron chi connectivity index (χ2n) is 7.21. The standard InChI is InChI=1S/C20H28N2O6/c1-5-12-27-15-8-6-14(7-9-15)16(23)10-11-18(25)28-13-17(24)21-19(26)22-20(2,3)4/h6-9H,5,10-13H2,1-4H3,(H2,21,22,24,26). The molecule has 0 aromatic heterocycles. The molecule has 0 fully saturated rings. The molecule has 0 atom stereocenters. The molecule has 0 saturated carbocycles. The molecule has 0 aliphatic carbocycles. The molecule has 1 rings (SSSR count). The van der Waals surface area contributed by atoms with E-state index in [4.69, 9.17) is 9.47 Å². The molecule has 0 spiro atoms. The number of imide groups is 1. The van der Waals surface area contributed by atoms with Crippen LogP contribution in [0.15, 0.2) is 24.3 Å². The first-order chi connectivity index (χ1) is 13.1. The van der Waals surface area contributed by atoms with Gasteiger partial charge in [-0.3, -0.25) is 19.7 Å². The van der Waals surface area contributed by atoms with Crippen molar-refractivity contribution < 1.29 is 28.7 Å². The molecule has 28 heavy (non-hydrogen) atoms. The van der Waals surface area contributed by atoms with E-state index in [0.29, 0.717) is 17.9 Å². The van der Waals surface area contributed by atoms with E-state index in [-0.39, 0.29) is 18.6 Å². The quantitative estimate of drug-likeness (QED) is 0.494. The number of ether oxygens (including phenoxy) is 2. The third kappa shape index (κ3) is 9.70. The molecule has 8 nitrogen and oxygen atoms in total. The van der Waals surface area contributed by atoms with Gasteiger partial charge in [-0.25, -0.2) is 4.79 Å². The summed E-state index contributed by atoms with van der Waals surface area (Å²) in [6.45, 7) is 7.31. The van der Waals surface area contributed by atoms with Gasteiger partial charge in [0.15, 0.2) is 12.4 Å². The third-order valence-corrected chi connectivity index (χ3v) is 3.31. The van der Waals surface area contributed by atoms with Crippen molar-refractivity contribution in [3.8, 4) is 5.75 Å². The van der Waals surface area contributed by atoms with Gasteiger partial charge < -0.3 is 14.8 Å². The number of carbonyl (C=O) groups excluding carboxylic acids is 4. The summed E-state index contributed by atoms with van der Waals surface area (Å²) in [5, 5.41) is 4.60. The number of hydrogen-bond donors (Lipinski definition) is 2. The lowest BCUT2D eigenvalue weighted by Gasteiger charge is -2.20. The number of Topliss-reactive ketones (excluding diaryl/α,β-unsaturated/α-hetero) is 1. The van der Waals surface area contributed by atoms with E-state index in [9.17, 15) is 19.2 Å². The van der Waals surface area contributed by atoms with Crippen molar-refractivity contribution in [2.45, 2.75) is 52.5 Å². The Hall–Kier alpha value is -2.90. The number of rotatable bonds is 9. The number of benzene rings is 1. The molecule has 0 radical (unpaired) electrons. The molecule has 154 valence electrons. The minimum Gasteiger partial charge on any atom is -0.494 e. The zero-order chi connectivity index (χ0) is 21.2. The highest BCUT2D eigenvalue weighted by Crippen LogP contribution is 2.14. The van der Waals surface area contributed by atoms with Gasteiger partial charge in [-0.15, -0.1) is 0 Å². The Morgan fingerprint density at radius 1 is 1.00 bits per heavy atom. The van der Waals surface area contributed by atoms with Crippen molar-refractivity contribution in [2.75, 3.05) is 13.2 Å². The molecule has 0 aliphatic rings. The summed E-state index contributed by atoms with van der Waals surface area (Å²) in [5.41, 5.74) is -0.0323. The predicted octanol–water partition coefficient (Wildman–Crippen LogP) is 2.61. The van der Waals surface area contributed by atoms with Crippen molar-refractivity contribution in [1.29, 1.82) is 0 Å². The van der Waals surface area contributed by atoms with E-state index in [1.165, 1.54) is 0 Å². The van der Waals surface area contributed by atoms with Crippen molar-refractivity contribution in [2.24, 2.45) is 0 Å². The molecule has 0 heterocycles. The Morgan fingerprint density at radius 2 is 1.64 bits per heavy atom. The molecular weight excluding hydrogens is 364 g/mol. The number of ketones is 1. The first-order valence-electron chi connectivity index (χ1n) is 9.14. The lowest BCUT2D eigenvalue weighted by Crippen LogP contribution is -2.49. The number of esters is 1. The number of urea groups is 1. The Bertz CT molecular complexity index is 692. The number of nitrogens with one attached hydrogen (secondary N) is 2. The van der Waals surface area contributed by atoms with Crippen LogP contribution in [0.25, 0.3) is 0 Å². The Balaban J connectivity index is 2.33. The monoisotopic (exact) mass is 392 g/mol. The molecule has 0 saturated heterocycles. The molecule has 1 aromatic carbocycles. The van der Waals surface area contributed by atoms with Crippen LogP contribution in [0.1, 0.15) is 57.3 Å². The fraction of sp³-hybridized carbons (Fsp3) is 0.500. The molecule has 0 aliphatic heterocycles. The largest absolute Gasteiger partial charge is 0.494 e. The maximum absolute atomic E-state index is 12.1. The van der Waals surface area contributed by atoms with E-state index in [1.54, 1.807) is 45.0 Å². The average Bonchev–Trinajstić information content (AvgIpc) is 2.61. The van der Waals surface area contributed by atoms with Gasteiger partial charge in [0.1, 0.15) is 5.75 Å². The Labute approximate surface area is 165 Å². The van der Waals surface area contributed by atoms with Gasteiger partial charge in [-0.05, 0) is 51.5 Å². The second-order valence-corrected chi connectivity index (χ2v) is 7.21. The fourth-order valence-corrected chi connectivity index (χ4v) is 2.07. The molecule has 0 bridgehead atoms. The van der Waals surface area contributed by atoms with Crippen LogP contribution in [0.3, 0.4) is 0 Å². The highest BCUT2D eigenvalue weighted by molar-refractivity contribution is 5.98. The van der Waals surface area contributed by atoms with Gasteiger partial charge in [0.05, 0.1) is 13.0 Å². The predicted molar refractivity (Wildman–Crippen MR) is 103 cm³/mol. The topological polar surface area (TPSA) is 111 Å². The van der Waals surface area contributed by atoms with Gasteiger partial charge in [-0.2, -0.15) is 0 Å². The summed E-state index contributed by atoms with van der Waals surface area (Å²) >= 11 is 0. The first-order valence-corrected chi connectivity index (χ1v) is 9.14. The highest BCUT2D eigenvalue weighted by Gasteiger charge is 2.17. The van der Waals surface area contributed by atoms with Crippen LogP contribution < -0.4 is 15.4 Å². The molecular formula is C20H28N2O6. The van der Waals surface area contributed by atoms with Crippen LogP contribution in [-0.2, 0) is 14.3 Å². The van der Waals surface area contributed by atoms with Gasteiger partial charge >= 0.3 is 12.0 Å². The van der Waals surface area contributed by atoms with Crippen LogP contribution >= 0.6 is 0 Å².